The van der Waals surface area contributed by atoms with Gasteiger partial charge in [-0.15, -0.1) is 0 Å². The van der Waals surface area contributed by atoms with Gasteiger partial charge in [0.15, 0.2) is 0 Å². The number of carbonyl (C=O) groups excluding carboxylic acids is 2. The van der Waals surface area contributed by atoms with E-state index in [0.29, 0.717) is 18.5 Å². The number of nitrogens with one attached hydrogen (secondary N) is 2. The van der Waals surface area contributed by atoms with Gasteiger partial charge in [-0.2, -0.15) is 0 Å². The van der Waals surface area contributed by atoms with E-state index in [2.05, 4.69) is 10.6 Å². The van der Waals surface area contributed by atoms with Crippen molar-refractivity contribution in [2.45, 2.75) is 13.0 Å². The van der Waals surface area contributed by atoms with Crippen LogP contribution in [0.25, 0.3) is 0 Å². The predicted octanol–water partition coefficient (Wildman–Crippen LogP) is 1.23. The molecule has 18 heavy (non-hydrogen) atoms. The fourth-order valence-electron chi connectivity index (χ4n) is 1.87. The van der Waals surface area contributed by atoms with Crippen molar-refractivity contribution in [1.29, 1.82) is 0 Å². The molecule has 0 aliphatic carbocycles. The summed E-state index contributed by atoms with van der Waals surface area (Å²) in [6, 6.07) is 4.05. The average molecular weight is 271 g/mol. The lowest BCUT2D eigenvalue weighted by Crippen LogP contribution is -2.34. The largest absolute Gasteiger partial charge is 0.355 e. The number of benzene rings is 1. The number of rotatable bonds is 3. The number of hydrogen-bond donors (Lipinski definition) is 2. The van der Waals surface area contributed by atoms with Crippen LogP contribution in [0.1, 0.15) is 12.0 Å². The molecule has 2 N–H and O–H groups in total. The van der Waals surface area contributed by atoms with E-state index < -0.39 is 11.7 Å². The van der Waals surface area contributed by atoms with E-state index in [-0.39, 0.29) is 23.4 Å². The smallest absolute Gasteiger partial charge is 0.232 e. The van der Waals surface area contributed by atoms with Gasteiger partial charge in [0, 0.05) is 18.1 Å². The van der Waals surface area contributed by atoms with Gasteiger partial charge in [-0.1, -0.05) is 11.6 Å². The molecular weight excluding hydrogens is 259 g/mol. The summed E-state index contributed by atoms with van der Waals surface area (Å²) in [6.07, 6.45) is 0.495. The van der Waals surface area contributed by atoms with Crippen molar-refractivity contribution in [3.05, 3.63) is 34.6 Å². The number of halogens is 2. The highest BCUT2D eigenvalue weighted by atomic mass is 35.5. The second-order valence-corrected chi connectivity index (χ2v) is 4.56. The predicted molar refractivity (Wildman–Crippen MR) is 64.4 cm³/mol. The number of hydrogen-bond acceptors (Lipinski definition) is 2. The monoisotopic (exact) mass is 270 g/mol. The first-order chi connectivity index (χ1) is 8.56. The second-order valence-electron chi connectivity index (χ2n) is 4.13. The van der Waals surface area contributed by atoms with Gasteiger partial charge in [0.2, 0.25) is 11.8 Å². The first-order valence-corrected chi connectivity index (χ1v) is 5.94. The van der Waals surface area contributed by atoms with E-state index in [0.717, 1.165) is 0 Å². The Labute approximate surface area is 109 Å². The van der Waals surface area contributed by atoms with Crippen molar-refractivity contribution >= 4 is 23.4 Å². The van der Waals surface area contributed by atoms with Crippen molar-refractivity contribution in [1.82, 2.24) is 10.6 Å². The molecule has 1 aliphatic rings. The molecular formula is C12H12ClFN2O2. The topological polar surface area (TPSA) is 58.2 Å². The SMILES string of the molecule is O=C1NCCC1C(=O)NCc1cc(F)cc(Cl)c1. The molecule has 0 radical (unpaired) electrons. The zero-order chi connectivity index (χ0) is 13.1. The van der Waals surface area contributed by atoms with Crippen molar-refractivity contribution in [2.75, 3.05) is 6.54 Å². The minimum absolute atomic E-state index is 0.153. The maximum absolute atomic E-state index is 13.1. The van der Waals surface area contributed by atoms with Crippen LogP contribution in [-0.2, 0) is 16.1 Å². The Kier molecular flexibility index (Phi) is 3.81. The van der Waals surface area contributed by atoms with E-state index in [1.165, 1.54) is 12.1 Å². The van der Waals surface area contributed by atoms with Gasteiger partial charge in [0.05, 0.1) is 0 Å². The molecule has 1 aliphatic heterocycles. The summed E-state index contributed by atoms with van der Waals surface area (Å²) in [5.74, 6) is -1.70. The van der Waals surface area contributed by atoms with E-state index in [1.54, 1.807) is 6.07 Å². The molecule has 0 spiro atoms. The van der Waals surface area contributed by atoms with E-state index >= 15 is 0 Å². The van der Waals surface area contributed by atoms with Gasteiger partial charge in [-0.3, -0.25) is 9.59 Å². The van der Waals surface area contributed by atoms with Crippen molar-refractivity contribution in [3.8, 4) is 0 Å². The lowest BCUT2D eigenvalue weighted by molar-refractivity contribution is -0.133. The molecule has 1 unspecified atom stereocenters. The van der Waals surface area contributed by atoms with E-state index in [4.69, 9.17) is 11.6 Å². The third kappa shape index (κ3) is 2.98. The third-order valence-electron chi connectivity index (χ3n) is 2.75. The molecule has 1 aromatic carbocycles. The van der Waals surface area contributed by atoms with E-state index in [9.17, 15) is 14.0 Å². The summed E-state index contributed by atoms with van der Waals surface area (Å²) in [4.78, 5) is 23.0. The summed E-state index contributed by atoms with van der Waals surface area (Å²) in [7, 11) is 0. The fraction of sp³-hybridized carbons (Fsp3) is 0.333. The van der Waals surface area contributed by atoms with Gasteiger partial charge >= 0.3 is 0 Å². The molecule has 1 saturated heterocycles. The number of amides is 2. The van der Waals surface area contributed by atoms with Crippen LogP contribution in [0.5, 0.6) is 0 Å². The normalized spacial score (nSPS) is 18.6. The van der Waals surface area contributed by atoms with Crippen LogP contribution in [0.4, 0.5) is 4.39 Å². The summed E-state index contributed by atoms with van der Waals surface area (Å²) in [5.41, 5.74) is 0.562. The molecule has 0 saturated carbocycles. The Morgan fingerprint density at radius 3 is 2.89 bits per heavy atom. The number of carbonyl (C=O) groups is 2. The zero-order valence-electron chi connectivity index (χ0n) is 9.50. The Morgan fingerprint density at radius 1 is 1.50 bits per heavy atom. The van der Waals surface area contributed by atoms with E-state index in [1.807, 2.05) is 0 Å². The minimum Gasteiger partial charge on any atom is -0.355 e. The highest BCUT2D eigenvalue weighted by Gasteiger charge is 2.30. The standard InChI is InChI=1S/C12H12ClFN2O2/c13-8-3-7(4-9(14)5-8)6-16-12(18)10-1-2-15-11(10)17/h3-5,10H,1-2,6H2,(H,15,17)(H,16,18). The Bertz CT molecular complexity index is 473. The van der Waals surface area contributed by atoms with Crippen molar-refractivity contribution in [3.63, 3.8) is 0 Å². The molecule has 1 aromatic rings. The summed E-state index contributed by atoms with van der Waals surface area (Å²) < 4.78 is 13.1. The van der Waals surface area contributed by atoms with Crippen LogP contribution >= 0.6 is 11.6 Å². The van der Waals surface area contributed by atoms with Crippen LogP contribution in [0, 0.1) is 11.7 Å². The maximum Gasteiger partial charge on any atom is 0.232 e. The first-order valence-electron chi connectivity index (χ1n) is 5.56. The lowest BCUT2D eigenvalue weighted by atomic mass is 10.1. The van der Waals surface area contributed by atoms with Gasteiger partial charge in [-0.25, -0.2) is 4.39 Å². The fourth-order valence-corrected chi connectivity index (χ4v) is 2.11. The third-order valence-corrected chi connectivity index (χ3v) is 2.97. The minimum atomic E-state index is -0.644. The molecule has 1 fully saturated rings. The van der Waals surface area contributed by atoms with Gasteiger partial charge in [0.1, 0.15) is 11.7 Å². The Hall–Kier alpha value is -1.62. The van der Waals surface area contributed by atoms with Crippen LogP contribution in [0.15, 0.2) is 18.2 Å². The highest BCUT2D eigenvalue weighted by molar-refractivity contribution is 6.30. The highest BCUT2D eigenvalue weighted by Crippen LogP contribution is 2.14. The molecule has 1 atom stereocenters. The summed E-state index contributed by atoms with van der Waals surface area (Å²) in [6.45, 7) is 0.669. The van der Waals surface area contributed by atoms with Crippen LogP contribution < -0.4 is 10.6 Å². The lowest BCUT2D eigenvalue weighted by Gasteiger charge is -2.09. The van der Waals surface area contributed by atoms with Crippen LogP contribution in [0.2, 0.25) is 5.02 Å². The van der Waals surface area contributed by atoms with Crippen molar-refractivity contribution < 1.29 is 14.0 Å². The van der Waals surface area contributed by atoms with Crippen LogP contribution in [-0.4, -0.2) is 18.4 Å². The van der Waals surface area contributed by atoms with Gasteiger partial charge < -0.3 is 10.6 Å². The first kappa shape index (κ1) is 12.8. The molecule has 4 nitrogen and oxygen atoms in total. The quantitative estimate of drug-likeness (QED) is 0.812. The van der Waals surface area contributed by atoms with Gasteiger partial charge in [0.25, 0.3) is 0 Å². The molecule has 96 valence electrons. The second kappa shape index (κ2) is 5.35. The maximum atomic E-state index is 13.1. The summed E-state index contributed by atoms with van der Waals surface area (Å²) >= 11 is 5.70. The molecule has 6 heteroatoms. The summed E-state index contributed by atoms with van der Waals surface area (Å²) in [5, 5.41) is 5.46. The molecule has 0 bridgehead atoms. The molecule has 2 rings (SSSR count). The van der Waals surface area contributed by atoms with Crippen LogP contribution in [0.3, 0.4) is 0 Å². The van der Waals surface area contributed by atoms with Crippen molar-refractivity contribution in [2.24, 2.45) is 5.92 Å². The Balaban J connectivity index is 1.95. The average Bonchev–Trinajstić information content (AvgIpc) is 2.71. The van der Waals surface area contributed by atoms with Gasteiger partial charge in [-0.05, 0) is 30.2 Å². The molecule has 0 aromatic heterocycles. The molecule has 1 heterocycles. The zero-order valence-corrected chi connectivity index (χ0v) is 10.3. The molecule has 2 amide bonds. The Morgan fingerprint density at radius 2 is 2.28 bits per heavy atom.